The number of phenolic OH excluding ortho intramolecular Hbond substituents is 1. The highest BCUT2D eigenvalue weighted by atomic mass is 16.3. The number of amides is 1. The Morgan fingerprint density at radius 1 is 0.792 bits per heavy atom. The Labute approximate surface area is 141 Å². The molecular formula is C21H19NO2. The molecule has 24 heavy (non-hydrogen) atoms. The summed E-state index contributed by atoms with van der Waals surface area (Å²) in [5.74, 6) is -0.202. The molecule has 1 amide bonds. The molecule has 1 N–H and O–H groups in total. The van der Waals surface area contributed by atoms with E-state index in [-0.39, 0.29) is 17.6 Å². The monoisotopic (exact) mass is 317 g/mol. The zero-order valence-electron chi connectivity index (χ0n) is 13.5. The number of nitrogens with zero attached hydrogens (tertiary/aromatic N) is 1. The number of aromatic hydroxyl groups is 1. The van der Waals surface area contributed by atoms with E-state index >= 15 is 0 Å². The quantitative estimate of drug-likeness (QED) is 0.784. The fourth-order valence-corrected chi connectivity index (χ4v) is 2.77. The normalized spacial score (nSPS) is 10.6. The summed E-state index contributed by atoms with van der Waals surface area (Å²) in [7, 11) is 1.76. The number of rotatable bonds is 4. The average Bonchev–Trinajstić information content (AvgIpc) is 2.64. The number of carbonyl (C=O) groups excluding carboxylic acids is 1. The topological polar surface area (TPSA) is 40.5 Å². The molecule has 0 spiro atoms. The van der Waals surface area contributed by atoms with Crippen molar-refractivity contribution in [1.29, 1.82) is 0 Å². The van der Waals surface area contributed by atoms with Crippen molar-refractivity contribution in [1.82, 2.24) is 0 Å². The first-order valence-electron chi connectivity index (χ1n) is 7.83. The maximum absolute atomic E-state index is 13.2. The van der Waals surface area contributed by atoms with Crippen LogP contribution < -0.4 is 4.90 Å². The van der Waals surface area contributed by atoms with Crippen molar-refractivity contribution in [3.05, 3.63) is 96.1 Å². The first-order chi connectivity index (χ1) is 11.7. The maximum atomic E-state index is 13.2. The first-order valence-corrected chi connectivity index (χ1v) is 7.83. The number of hydrogen-bond acceptors (Lipinski definition) is 2. The van der Waals surface area contributed by atoms with Gasteiger partial charge in [-0.3, -0.25) is 4.79 Å². The van der Waals surface area contributed by atoms with Gasteiger partial charge in [-0.25, -0.2) is 0 Å². The van der Waals surface area contributed by atoms with Crippen LogP contribution >= 0.6 is 0 Å². The van der Waals surface area contributed by atoms with Gasteiger partial charge in [-0.05, 0) is 35.4 Å². The van der Waals surface area contributed by atoms with Crippen molar-refractivity contribution < 1.29 is 9.90 Å². The molecule has 0 aromatic heterocycles. The maximum Gasteiger partial charge on any atom is 0.238 e. The van der Waals surface area contributed by atoms with E-state index in [4.69, 9.17) is 0 Å². The van der Waals surface area contributed by atoms with Crippen molar-refractivity contribution in [2.24, 2.45) is 0 Å². The second-order valence-corrected chi connectivity index (χ2v) is 5.67. The predicted molar refractivity (Wildman–Crippen MR) is 96.2 cm³/mol. The minimum absolute atomic E-state index is 0.0157. The molecule has 3 nitrogen and oxygen atoms in total. The predicted octanol–water partition coefficient (Wildman–Crippen LogP) is 4.19. The minimum atomic E-state index is -0.369. The fourth-order valence-electron chi connectivity index (χ4n) is 2.77. The molecule has 3 aromatic carbocycles. The molecule has 0 saturated carbocycles. The zero-order chi connectivity index (χ0) is 16.9. The Morgan fingerprint density at radius 3 is 1.71 bits per heavy atom. The SMILES string of the molecule is CN(C(=O)C(c1ccccc1)c1ccccc1)c1ccc(O)cc1. The van der Waals surface area contributed by atoms with Crippen LogP contribution in [-0.2, 0) is 4.79 Å². The molecule has 3 rings (SSSR count). The van der Waals surface area contributed by atoms with Crippen molar-refractivity contribution in [3.8, 4) is 5.75 Å². The van der Waals surface area contributed by atoms with E-state index in [1.807, 2.05) is 60.7 Å². The highest BCUT2D eigenvalue weighted by Crippen LogP contribution is 2.29. The van der Waals surface area contributed by atoms with Gasteiger partial charge < -0.3 is 10.0 Å². The summed E-state index contributed by atoms with van der Waals surface area (Å²) in [6.45, 7) is 0. The van der Waals surface area contributed by atoms with Gasteiger partial charge in [-0.1, -0.05) is 60.7 Å². The fraction of sp³-hybridized carbons (Fsp3) is 0.0952. The van der Waals surface area contributed by atoms with Gasteiger partial charge in [0.15, 0.2) is 0 Å². The largest absolute Gasteiger partial charge is 0.508 e. The third-order valence-electron chi connectivity index (χ3n) is 4.08. The molecule has 0 aliphatic heterocycles. The summed E-state index contributed by atoms with van der Waals surface area (Å²) >= 11 is 0. The standard InChI is InChI=1S/C21H19NO2/c1-22(18-12-14-19(23)15-13-18)21(24)20(16-8-4-2-5-9-16)17-10-6-3-7-11-17/h2-15,20,23H,1H3. The van der Waals surface area contributed by atoms with Crippen LogP contribution in [0.5, 0.6) is 5.75 Å². The zero-order valence-corrected chi connectivity index (χ0v) is 13.5. The van der Waals surface area contributed by atoms with Crippen molar-refractivity contribution in [3.63, 3.8) is 0 Å². The Bertz CT molecular complexity index is 759. The summed E-state index contributed by atoms with van der Waals surface area (Å²) in [5, 5.41) is 9.44. The third-order valence-corrected chi connectivity index (χ3v) is 4.08. The number of likely N-dealkylation sites (N-methyl/N-ethyl adjacent to an activating group) is 1. The van der Waals surface area contributed by atoms with Crippen LogP contribution in [0.15, 0.2) is 84.9 Å². The highest BCUT2D eigenvalue weighted by molar-refractivity contribution is 5.99. The lowest BCUT2D eigenvalue weighted by atomic mass is 9.90. The van der Waals surface area contributed by atoms with Gasteiger partial charge in [0, 0.05) is 12.7 Å². The summed E-state index contributed by atoms with van der Waals surface area (Å²) < 4.78 is 0. The second kappa shape index (κ2) is 7.01. The van der Waals surface area contributed by atoms with Gasteiger partial charge in [0.2, 0.25) is 5.91 Å². The van der Waals surface area contributed by atoms with Crippen LogP contribution in [0.25, 0.3) is 0 Å². The molecule has 0 radical (unpaired) electrons. The molecule has 0 heterocycles. The molecular weight excluding hydrogens is 298 g/mol. The van der Waals surface area contributed by atoms with Crippen LogP contribution in [0, 0.1) is 0 Å². The number of phenols is 1. The van der Waals surface area contributed by atoms with Gasteiger partial charge in [0.1, 0.15) is 5.75 Å². The Morgan fingerprint density at radius 2 is 1.25 bits per heavy atom. The molecule has 0 fully saturated rings. The second-order valence-electron chi connectivity index (χ2n) is 5.67. The Hall–Kier alpha value is -3.07. The average molecular weight is 317 g/mol. The van der Waals surface area contributed by atoms with E-state index in [0.717, 1.165) is 16.8 Å². The molecule has 120 valence electrons. The van der Waals surface area contributed by atoms with Crippen LogP contribution in [0.1, 0.15) is 17.0 Å². The lowest BCUT2D eigenvalue weighted by molar-refractivity contribution is -0.118. The summed E-state index contributed by atoms with van der Waals surface area (Å²) in [6.07, 6.45) is 0. The Balaban J connectivity index is 1.99. The summed E-state index contributed by atoms with van der Waals surface area (Å²) in [4.78, 5) is 14.8. The molecule has 0 aliphatic carbocycles. The van der Waals surface area contributed by atoms with E-state index in [9.17, 15) is 9.90 Å². The number of hydrogen-bond donors (Lipinski definition) is 1. The van der Waals surface area contributed by atoms with Crippen molar-refractivity contribution >= 4 is 11.6 Å². The van der Waals surface area contributed by atoms with E-state index in [0.29, 0.717) is 0 Å². The van der Waals surface area contributed by atoms with E-state index in [1.54, 1.807) is 36.2 Å². The highest BCUT2D eigenvalue weighted by Gasteiger charge is 2.26. The van der Waals surface area contributed by atoms with Crippen molar-refractivity contribution in [2.45, 2.75) is 5.92 Å². The number of carbonyl (C=O) groups is 1. The van der Waals surface area contributed by atoms with Crippen LogP contribution in [0.3, 0.4) is 0 Å². The minimum Gasteiger partial charge on any atom is -0.508 e. The molecule has 0 atom stereocenters. The third kappa shape index (κ3) is 3.30. The van der Waals surface area contributed by atoms with Crippen molar-refractivity contribution in [2.75, 3.05) is 11.9 Å². The summed E-state index contributed by atoms with van der Waals surface area (Å²) in [6, 6.07) is 26.2. The van der Waals surface area contributed by atoms with E-state index < -0.39 is 0 Å². The molecule has 0 saturated heterocycles. The van der Waals surface area contributed by atoms with Crippen LogP contribution in [0.2, 0.25) is 0 Å². The van der Waals surface area contributed by atoms with E-state index in [2.05, 4.69) is 0 Å². The summed E-state index contributed by atoms with van der Waals surface area (Å²) in [5.41, 5.74) is 2.66. The molecule has 3 heteroatoms. The van der Waals surface area contributed by atoms with Gasteiger partial charge in [0.05, 0.1) is 5.92 Å². The van der Waals surface area contributed by atoms with Gasteiger partial charge in [-0.15, -0.1) is 0 Å². The van der Waals surface area contributed by atoms with Crippen LogP contribution in [0.4, 0.5) is 5.69 Å². The molecule has 0 aliphatic rings. The number of anilines is 1. The first kappa shape index (κ1) is 15.8. The lowest BCUT2D eigenvalue weighted by Crippen LogP contribution is -2.32. The van der Waals surface area contributed by atoms with Crippen LogP contribution in [-0.4, -0.2) is 18.1 Å². The number of benzene rings is 3. The van der Waals surface area contributed by atoms with E-state index in [1.165, 1.54) is 0 Å². The van der Waals surface area contributed by atoms with Gasteiger partial charge in [-0.2, -0.15) is 0 Å². The Kier molecular flexibility index (Phi) is 4.62. The molecule has 0 bridgehead atoms. The van der Waals surface area contributed by atoms with Gasteiger partial charge >= 0.3 is 0 Å². The lowest BCUT2D eigenvalue weighted by Gasteiger charge is -2.24. The smallest absolute Gasteiger partial charge is 0.238 e. The molecule has 0 unspecified atom stereocenters. The van der Waals surface area contributed by atoms with Gasteiger partial charge in [0.25, 0.3) is 0 Å². The molecule has 3 aromatic rings.